The molecular formula is C9H13BrN2. The summed E-state index contributed by atoms with van der Waals surface area (Å²) in [5.41, 5.74) is 6.84. The van der Waals surface area contributed by atoms with E-state index in [4.69, 9.17) is 5.73 Å². The van der Waals surface area contributed by atoms with E-state index in [0.29, 0.717) is 11.7 Å². The Morgan fingerprint density at radius 2 is 2.42 bits per heavy atom. The third-order valence-corrected chi connectivity index (χ3v) is 2.86. The van der Waals surface area contributed by atoms with E-state index in [1.807, 2.05) is 12.1 Å². The number of nitrogens with two attached hydrogens (primary N) is 1. The fourth-order valence-electron chi connectivity index (χ4n) is 1.05. The highest BCUT2D eigenvalue weighted by Gasteiger charge is 2.04. The average molecular weight is 229 g/mol. The molecular weight excluding hydrogens is 216 g/mol. The third-order valence-electron chi connectivity index (χ3n) is 1.76. The Morgan fingerprint density at radius 3 is 3.00 bits per heavy atom. The Hall–Kier alpha value is -0.570. The van der Waals surface area contributed by atoms with E-state index in [1.165, 1.54) is 0 Å². The Bertz CT molecular complexity index is 250. The second-order valence-electron chi connectivity index (χ2n) is 3.01. The van der Waals surface area contributed by atoms with Crippen molar-refractivity contribution in [2.75, 3.05) is 11.1 Å². The summed E-state index contributed by atoms with van der Waals surface area (Å²) in [7, 11) is 0. The van der Waals surface area contributed by atoms with Gasteiger partial charge >= 0.3 is 0 Å². The van der Waals surface area contributed by atoms with E-state index in [2.05, 4.69) is 27.8 Å². The molecule has 1 unspecified atom stereocenters. The second-order valence-corrected chi connectivity index (χ2v) is 3.66. The number of pyridine rings is 1. The average Bonchev–Trinajstić information content (AvgIpc) is 2.09. The maximum absolute atomic E-state index is 5.70. The normalized spacial score (nSPS) is 12.8. The summed E-state index contributed by atoms with van der Waals surface area (Å²) in [5.74, 6) is 1.27. The molecule has 1 atom stereocenters. The zero-order valence-electron chi connectivity index (χ0n) is 7.13. The maximum Gasteiger partial charge on any atom is 0.126 e. The summed E-state index contributed by atoms with van der Waals surface area (Å²) in [5, 5.41) is 1.00. The fourth-order valence-corrected chi connectivity index (χ4v) is 1.28. The largest absolute Gasteiger partial charge is 0.383 e. The van der Waals surface area contributed by atoms with Crippen molar-refractivity contribution in [3.8, 4) is 0 Å². The topological polar surface area (TPSA) is 38.9 Å². The molecule has 0 saturated heterocycles. The highest BCUT2D eigenvalue weighted by Crippen LogP contribution is 2.14. The molecule has 66 valence electrons. The van der Waals surface area contributed by atoms with Gasteiger partial charge in [-0.2, -0.15) is 0 Å². The summed E-state index contributed by atoms with van der Waals surface area (Å²) in [6.07, 6.45) is 2.71. The molecule has 1 aromatic heterocycles. The van der Waals surface area contributed by atoms with Crippen molar-refractivity contribution in [2.24, 2.45) is 5.92 Å². The third kappa shape index (κ3) is 2.48. The number of halogens is 1. The van der Waals surface area contributed by atoms with Gasteiger partial charge < -0.3 is 5.73 Å². The van der Waals surface area contributed by atoms with Crippen LogP contribution in [0.1, 0.15) is 12.5 Å². The monoisotopic (exact) mass is 228 g/mol. The SMILES string of the molecule is CC(CBr)Cc1cccnc1N. The van der Waals surface area contributed by atoms with Crippen LogP contribution in [0.4, 0.5) is 5.82 Å². The van der Waals surface area contributed by atoms with Gasteiger partial charge in [-0.3, -0.25) is 0 Å². The first kappa shape index (κ1) is 9.52. The number of aromatic nitrogens is 1. The van der Waals surface area contributed by atoms with Gasteiger partial charge in [0.2, 0.25) is 0 Å². The summed E-state index contributed by atoms with van der Waals surface area (Å²) < 4.78 is 0. The molecule has 0 bridgehead atoms. The first-order chi connectivity index (χ1) is 5.74. The van der Waals surface area contributed by atoms with Gasteiger partial charge in [0.25, 0.3) is 0 Å². The van der Waals surface area contributed by atoms with Crippen LogP contribution in [0, 0.1) is 5.92 Å². The zero-order valence-corrected chi connectivity index (χ0v) is 8.71. The molecule has 2 nitrogen and oxygen atoms in total. The Labute approximate surface area is 81.3 Å². The van der Waals surface area contributed by atoms with Crippen LogP contribution in [0.2, 0.25) is 0 Å². The van der Waals surface area contributed by atoms with Crippen LogP contribution in [0.15, 0.2) is 18.3 Å². The Kier molecular flexibility index (Phi) is 3.53. The van der Waals surface area contributed by atoms with Gasteiger partial charge in [-0.05, 0) is 24.0 Å². The van der Waals surface area contributed by atoms with Crippen molar-refractivity contribution < 1.29 is 0 Å². The maximum atomic E-state index is 5.70. The van der Waals surface area contributed by atoms with Crippen molar-refractivity contribution in [1.29, 1.82) is 0 Å². The minimum atomic E-state index is 0.608. The number of hydrogen-bond acceptors (Lipinski definition) is 2. The molecule has 1 heterocycles. The summed E-state index contributed by atoms with van der Waals surface area (Å²) in [6.45, 7) is 2.18. The minimum Gasteiger partial charge on any atom is -0.383 e. The van der Waals surface area contributed by atoms with Gasteiger partial charge in [0.15, 0.2) is 0 Å². The number of rotatable bonds is 3. The lowest BCUT2D eigenvalue weighted by Gasteiger charge is -2.08. The lowest BCUT2D eigenvalue weighted by molar-refractivity contribution is 0.663. The van der Waals surface area contributed by atoms with Gasteiger partial charge in [-0.1, -0.05) is 28.9 Å². The Balaban J connectivity index is 2.69. The fraction of sp³-hybridized carbons (Fsp3) is 0.444. The number of nitrogens with zero attached hydrogens (tertiary/aromatic N) is 1. The zero-order chi connectivity index (χ0) is 8.97. The quantitative estimate of drug-likeness (QED) is 0.807. The van der Waals surface area contributed by atoms with Crippen LogP contribution in [0.5, 0.6) is 0 Å². The second kappa shape index (κ2) is 4.45. The Morgan fingerprint density at radius 1 is 1.67 bits per heavy atom. The predicted molar refractivity (Wildman–Crippen MR) is 55.3 cm³/mol. The molecule has 12 heavy (non-hydrogen) atoms. The minimum absolute atomic E-state index is 0.608. The van der Waals surface area contributed by atoms with Crippen LogP contribution >= 0.6 is 15.9 Å². The van der Waals surface area contributed by atoms with Crippen molar-refractivity contribution in [1.82, 2.24) is 4.98 Å². The predicted octanol–water partition coefficient (Wildman–Crippen LogP) is 2.24. The number of hydrogen-bond donors (Lipinski definition) is 1. The van der Waals surface area contributed by atoms with Gasteiger partial charge in [0.05, 0.1) is 0 Å². The van der Waals surface area contributed by atoms with Crippen LogP contribution < -0.4 is 5.73 Å². The molecule has 0 aliphatic carbocycles. The first-order valence-corrected chi connectivity index (χ1v) is 5.11. The molecule has 0 amide bonds. The number of alkyl halides is 1. The highest BCUT2D eigenvalue weighted by molar-refractivity contribution is 9.09. The van der Waals surface area contributed by atoms with Crippen molar-refractivity contribution in [2.45, 2.75) is 13.3 Å². The van der Waals surface area contributed by atoms with E-state index in [1.54, 1.807) is 6.20 Å². The van der Waals surface area contributed by atoms with E-state index < -0.39 is 0 Å². The number of anilines is 1. The van der Waals surface area contributed by atoms with Gasteiger partial charge in [0, 0.05) is 11.5 Å². The van der Waals surface area contributed by atoms with E-state index in [9.17, 15) is 0 Å². The first-order valence-electron chi connectivity index (χ1n) is 3.99. The molecule has 0 aliphatic heterocycles. The van der Waals surface area contributed by atoms with Crippen LogP contribution in [0.25, 0.3) is 0 Å². The van der Waals surface area contributed by atoms with Crippen molar-refractivity contribution in [3.05, 3.63) is 23.9 Å². The molecule has 3 heteroatoms. The molecule has 1 aromatic rings. The molecule has 0 spiro atoms. The van der Waals surface area contributed by atoms with E-state index in [0.717, 1.165) is 17.3 Å². The van der Waals surface area contributed by atoms with E-state index >= 15 is 0 Å². The lowest BCUT2D eigenvalue weighted by atomic mass is 10.0. The van der Waals surface area contributed by atoms with Crippen molar-refractivity contribution in [3.63, 3.8) is 0 Å². The van der Waals surface area contributed by atoms with Crippen LogP contribution in [0.3, 0.4) is 0 Å². The van der Waals surface area contributed by atoms with Gasteiger partial charge in [-0.15, -0.1) is 0 Å². The highest BCUT2D eigenvalue weighted by atomic mass is 79.9. The molecule has 0 fully saturated rings. The van der Waals surface area contributed by atoms with Gasteiger partial charge in [0.1, 0.15) is 5.82 Å². The molecule has 0 radical (unpaired) electrons. The standard InChI is InChI=1S/C9H13BrN2/c1-7(6-10)5-8-3-2-4-12-9(8)11/h2-4,7H,5-6H2,1H3,(H2,11,12). The molecule has 1 rings (SSSR count). The van der Waals surface area contributed by atoms with Gasteiger partial charge in [-0.25, -0.2) is 4.98 Å². The molecule has 0 aliphatic rings. The van der Waals surface area contributed by atoms with E-state index in [-0.39, 0.29) is 0 Å². The van der Waals surface area contributed by atoms with Crippen molar-refractivity contribution >= 4 is 21.7 Å². The lowest BCUT2D eigenvalue weighted by Crippen LogP contribution is -2.04. The molecule has 0 aromatic carbocycles. The molecule has 0 saturated carbocycles. The number of nitrogen functional groups attached to an aromatic ring is 1. The summed E-state index contributed by atoms with van der Waals surface area (Å²) >= 11 is 3.44. The van der Waals surface area contributed by atoms with Crippen LogP contribution in [-0.2, 0) is 6.42 Å². The summed E-state index contributed by atoms with van der Waals surface area (Å²) in [6, 6.07) is 3.95. The smallest absolute Gasteiger partial charge is 0.126 e. The summed E-state index contributed by atoms with van der Waals surface area (Å²) in [4.78, 5) is 4.03. The molecule has 2 N–H and O–H groups in total. The van der Waals surface area contributed by atoms with Crippen LogP contribution in [-0.4, -0.2) is 10.3 Å².